The molecule has 0 saturated carbocycles. The fourth-order valence-corrected chi connectivity index (χ4v) is 3.30. The van der Waals surface area contributed by atoms with Crippen LogP contribution < -0.4 is 15.2 Å². The van der Waals surface area contributed by atoms with Crippen LogP contribution in [0.25, 0.3) is 0 Å². The molecule has 1 aromatic carbocycles. The summed E-state index contributed by atoms with van der Waals surface area (Å²) >= 11 is 0. The Balaban J connectivity index is 2.83. The Bertz CT molecular complexity index is 900. The van der Waals surface area contributed by atoms with Gasteiger partial charge in [-0.25, -0.2) is 4.79 Å². The summed E-state index contributed by atoms with van der Waals surface area (Å²) in [5.74, 6) is -1.31. The van der Waals surface area contributed by atoms with Gasteiger partial charge in [0.05, 0.1) is 6.10 Å². The number of hydrogen-bond acceptors (Lipinski definition) is 10. The number of ether oxygens (including phenoxy) is 5. The number of rotatable bonds is 17. The Morgan fingerprint density at radius 3 is 1.95 bits per heavy atom. The van der Waals surface area contributed by atoms with Gasteiger partial charge in [-0.15, -0.1) is 0 Å². The number of unbranched alkanes of at least 4 members (excludes halogenated alkanes) is 4. The van der Waals surface area contributed by atoms with Crippen molar-refractivity contribution in [3.05, 3.63) is 23.8 Å². The van der Waals surface area contributed by atoms with Crippen molar-refractivity contribution in [2.75, 3.05) is 6.61 Å². The second kappa shape index (κ2) is 18.2. The van der Waals surface area contributed by atoms with Gasteiger partial charge in [-0.2, -0.15) is 0 Å². The van der Waals surface area contributed by atoms with Crippen molar-refractivity contribution in [2.45, 2.75) is 111 Å². The van der Waals surface area contributed by atoms with Gasteiger partial charge >= 0.3 is 24.1 Å². The van der Waals surface area contributed by atoms with E-state index in [4.69, 9.17) is 29.4 Å². The van der Waals surface area contributed by atoms with Gasteiger partial charge < -0.3 is 29.4 Å². The Morgan fingerprint density at radius 2 is 1.39 bits per heavy atom. The minimum Gasteiger partial charge on any atom is -0.458 e. The molecule has 0 aromatic heterocycles. The van der Waals surface area contributed by atoms with E-state index in [0.29, 0.717) is 18.4 Å². The van der Waals surface area contributed by atoms with Crippen LogP contribution in [-0.4, -0.2) is 48.9 Å². The monoisotopic (exact) mass is 537 g/mol. The highest BCUT2D eigenvalue weighted by atomic mass is 16.7. The van der Waals surface area contributed by atoms with Crippen LogP contribution in [-0.2, 0) is 35.0 Å². The van der Waals surface area contributed by atoms with Gasteiger partial charge in [-0.1, -0.05) is 45.6 Å². The first-order valence-electron chi connectivity index (χ1n) is 13.4. The molecule has 0 bridgehead atoms. The van der Waals surface area contributed by atoms with Crippen molar-refractivity contribution in [1.29, 1.82) is 0 Å². The van der Waals surface area contributed by atoms with E-state index in [0.717, 1.165) is 25.7 Å². The summed E-state index contributed by atoms with van der Waals surface area (Å²) in [5, 5.41) is 0. The van der Waals surface area contributed by atoms with Gasteiger partial charge in [-0.05, 0) is 57.7 Å². The van der Waals surface area contributed by atoms with Gasteiger partial charge in [0.2, 0.25) is 0 Å². The van der Waals surface area contributed by atoms with Crippen molar-refractivity contribution in [3.63, 3.8) is 0 Å². The molecular weight excluding hydrogens is 494 g/mol. The number of carbonyl (C=O) groups is 4. The largest absolute Gasteiger partial charge is 0.508 e. The molecule has 10 nitrogen and oxygen atoms in total. The average molecular weight is 538 g/mol. The van der Waals surface area contributed by atoms with E-state index in [1.165, 1.54) is 12.1 Å². The Hall–Kier alpha value is -3.14. The predicted molar refractivity (Wildman–Crippen MR) is 141 cm³/mol. The van der Waals surface area contributed by atoms with Crippen LogP contribution in [0.2, 0.25) is 0 Å². The van der Waals surface area contributed by atoms with Gasteiger partial charge in [0.15, 0.2) is 11.5 Å². The zero-order valence-corrected chi connectivity index (χ0v) is 23.3. The molecule has 1 aromatic rings. The van der Waals surface area contributed by atoms with E-state index in [1.54, 1.807) is 26.8 Å². The number of carbonyl (C=O) groups excluding carboxylic acids is 4. The first kappa shape index (κ1) is 32.9. The Kier molecular flexibility index (Phi) is 15.7. The molecule has 1 rings (SSSR count). The van der Waals surface area contributed by atoms with E-state index in [9.17, 15) is 19.2 Å². The fourth-order valence-electron chi connectivity index (χ4n) is 3.30. The third-order valence-electron chi connectivity index (χ3n) is 5.27. The summed E-state index contributed by atoms with van der Waals surface area (Å²) in [7, 11) is 0. The van der Waals surface area contributed by atoms with E-state index < -0.39 is 36.2 Å². The normalized spacial score (nSPS) is 12.4. The van der Waals surface area contributed by atoms with Crippen LogP contribution in [0.4, 0.5) is 4.79 Å². The first-order valence-corrected chi connectivity index (χ1v) is 13.4. The average Bonchev–Trinajstić information content (AvgIpc) is 2.84. The van der Waals surface area contributed by atoms with Crippen LogP contribution in [0.1, 0.15) is 91.5 Å². The lowest BCUT2D eigenvalue weighted by molar-refractivity contribution is -0.152. The van der Waals surface area contributed by atoms with Crippen molar-refractivity contribution in [3.8, 4) is 11.5 Å². The molecule has 0 aliphatic carbocycles. The van der Waals surface area contributed by atoms with E-state index in [2.05, 4.69) is 0 Å². The molecular formula is C28H43NO9. The van der Waals surface area contributed by atoms with Crippen molar-refractivity contribution >= 4 is 24.1 Å². The van der Waals surface area contributed by atoms with E-state index in [1.807, 2.05) is 13.8 Å². The Labute approximate surface area is 225 Å². The quantitative estimate of drug-likeness (QED) is 0.164. The highest BCUT2D eigenvalue weighted by molar-refractivity contribution is 5.77. The topological polar surface area (TPSA) is 140 Å². The van der Waals surface area contributed by atoms with Crippen LogP contribution >= 0.6 is 0 Å². The van der Waals surface area contributed by atoms with Gasteiger partial charge in [0.1, 0.15) is 18.8 Å². The maximum absolute atomic E-state index is 12.5. The lowest BCUT2D eigenvalue weighted by Gasteiger charge is -2.18. The number of nitrogens with two attached hydrogens (primary N) is 1. The number of esters is 3. The zero-order valence-electron chi connectivity index (χ0n) is 23.3. The van der Waals surface area contributed by atoms with Crippen LogP contribution in [0.5, 0.6) is 11.5 Å². The van der Waals surface area contributed by atoms with Crippen LogP contribution in [0.15, 0.2) is 18.2 Å². The van der Waals surface area contributed by atoms with Crippen molar-refractivity contribution in [1.82, 2.24) is 0 Å². The Morgan fingerprint density at radius 1 is 0.816 bits per heavy atom. The van der Waals surface area contributed by atoms with Crippen LogP contribution in [0.3, 0.4) is 0 Å². The molecule has 0 unspecified atom stereocenters. The maximum Gasteiger partial charge on any atom is 0.508 e. The van der Waals surface area contributed by atoms with Gasteiger partial charge in [0.25, 0.3) is 0 Å². The molecule has 38 heavy (non-hydrogen) atoms. The molecule has 0 saturated heterocycles. The van der Waals surface area contributed by atoms with E-state index >= 15 is 0 Å². The summed E-state index contributed by atoms with van der Waals surface area (Å²) in [4.78, 5) is 48.6. The summed E-state index contributed by atoms with van der Waals surface area (Å²) < 4.78 is 26.0. The van der Waals surface area contributed by atoms with Crippen molar-refractivity contribution in [2.24, 2.45) is 5.73 Å². The summed E-state index contributed by atoms with van der Waals surface area (Å²) in [6, 6.07) is 3.67. The third-order valence-corrected chi connectivity index (χ3v) is 5.27. The molecule has 10 heteroatoms. The lowest BCUT2D eigenvalue weighted by Crippen LogP contribution is -2.37. The molecule has 0 aliphatic heterocycles. The lowest BCUT2D eigenvalue weighted by atomic mass is 10.1. The van der Waals surface area contributed by atoms with Gasteiger partial charge in [-0.3, -0.25) is 14.4 Å². The summed E-state index contributed by atoms with van der Waals surface area (Å²) in [5.41, 5.74) is 6.62. The molecule has 0 heterocycles. The fraction of sp³-hybridized carbons (Fsp3) is 0.643. The molecule has 0 amide bonds. The smallest absolute Gasteiger partial charge is 0.458 e. The predicted octanol–water partition coefficient (Wildman–Crippen LogP) is 5.02. The maximum atomic E-state index is 12.5. The number of hydrogen-bond donors (Lipinski definition) is 1. The van der Waals surface area contributed by atoms with Crippen molar-refractivity contribution < 1.29 is 42.9 Å². The molecule has 2 N–H and O–H groups in total. The first-order chi connectivity index (χ1) is 18.0. The van der Waals surface area contributed by atoms with E-state index in [-0.39, 0.29) is 43.5 Å². The minimum atomic E-state index is -1.03. The third kappa shape index (κ3) is 14.0. The highest BCUT2D eigenvalue weighted by Gasteiger charge is 2.22. The summed E-state index contributed by atoms with van der Waals surface area (Å²) in [6.45, 7) is 8.83. The molecule has 214 valence electrons. The zero-order chi connectivity index (χ0) is 28.5. The van der Waals surface area contributed by atoms with Gasteiger partial charge in [0, 0.05) is 12.8 Å². The molecule has 0 fully saturated rings. The minimum absolute atomic E-state index is 0.0763. The number of benzene rings is 1. The standard InChI is InChI=1S/C28H43NO9/c1-6-8-10-12-25(30)37-23-15-14-21(17-24(23)38-26(31)13-11-9-7-2)16-22(29)27(32)36-20(5)18-34-28(33)35-19(3)4/h14-15,17,19-20,22H,6-13,16,18,29H2,1-5H3/t20-,22-/m0/s1. The van der Waals surface area contributed by atoms with Crippen LogP contribution in [0, 0.1) is 0 Å². The summed E-state index contributed by atoms with van der Waals surface area (Å²) in [6.07, 6.45) is 3.79. The molecule has 0 aliphatic rings. The molecule has 0 spiro atoms. The molecule has 0 radical (unpaired) electrons. The second-order valence-corrected chi connectivity index (χ2v) is 9.43. The highest BCUT2D eigenvalue weighted by Crippen LogP contribution is 2.30. The SMILES string of the molecule is CCCCCC(=O)Oc1ccc(C[C@H](N)C(=O)O[C@@H](C)COC(=O)OC(C)C)cc1OC(=O)CCCCC. The molecule has 2 atom stereocenters. The second-order valence-electron chi connectivity index (χ2n) is 9.43.